The zero-order valence-corrected chi connectivity index (χ0v) is 12.2. The first-order valence-corrected chi connectivity index (χ1v) is 6.83. The number of benzene rings is 1. The number of carbonyl (C=O) groups excluding carboxylic acids is 1. The van der Waals surface area contributed by atoms with Gasteiger partial charge in [0, 0.05) is 13.2 Å². The fourth-order valence-corrected chi connectivity index (χ4v) is 2.04. The van der Waals surface area contributed by atoms with Crippen molar-refractivity contribution >= 4 is 23.2 Å². The Morgan fingerprint density at radius 1 is 1.47 bits per heavy atom. The molecular formula is C14H21ClN2O2. The zero-order valence-electron chi connectivity index (χ0n) is 11.4. The van der Waals surface area contributed by atoms with Crippen LogP contribution < -0.4 is 5.32 Å². The highest BCUT2D eigenvalue weighted by atomic mass is 35.5. The van der Waals surface area contributed by atoms with E-state index in [4.69, 9.17) is 16.7 Å². The third-order valence-electron chi connectivity index (χ3n) is 2.85. The molecule has 0 aliphatic carbocycles. The van der Waals surface area contributed by atoms with Crippen molar-refractivity contribution in [2.45, 2.75) is 20.3 Å². The molecule has 0 atom stereocenters. The Bertz CT molecular complexity index is 424. The van der Waals surface area contributed by atoms with E-state index in [0.29, 0.717) is 30.2 Å². The summed E-state index contributed by atoms with van der Waals surface area (Å²) in [6.45, 7) is 5.87. The van der Waals surface area contributed by atoms with Gasteiger partial charge in [0.2, 0.25) is 5.91 Å². The molecular weight excluding hydrogens is 264 g/mol. The predicted octanol–water partition coefficient (Wildman–Crippen LogP) is 2.29. The first-order chi connectivity index (χ1) is 9.06. The van der Waals surface area contributed by atoms with Crippen LogP contribution in [0.3, 0.4) is 0 Å². The van der Waals surface area contributed by atoms with E-state index in [1.165, 1.54) is 0 Å². The highest BCUT2D eigenvalue weighted by Gasteiger charge is 2.10. The molecule has 0 aliphatic rings. The van der Waals surface area contributed by atoms with Crippen molar-refractivity contribution in [2.75, 3.05) is 31.6 Å². The van der Waals surface area contributed by atoms with Gasteiger partial charge in [-0.1, -0.05) is 24.6 Å². The molecule has 0 spiro atoms. The van der Waals surface area contributed by atoms with Crippen molar-refractivity contribution in [3.63, 3.8) is 0 Å². The number of nitrogens with one attached hydrogen (secondary N) is 1. The molecule has 0 radical (unpaired) electrons. The molecule has 0 aliphatic heterocycles. The van der Waals surface area contributed by atoms with E-state index in [-0.39, 0.29) is 12.5 Å². The summed E-state index contributed by atoms with van der Waals surface area (Å²) in [5.41, 5.74) is 1.69. The van der Waals surface area contributed by atoms with Crippen LogP contribution in [0.1, 0.15) is 18.9 Å². The van der Waals surface area contributed by atoms with Crippen LogP contribution in [0.15, 0.2) is 18.2 Å². The fourth-order valence-electron chi connectivity index (χ4n) is 1.76. The van der Waals surface area contributed by atoms with E-state index in [0.717, 1.165) is 12.1 Å². The maximum atomic E-state index is 11.9. The van der Waals surface area contributed by atoms with Gasteiger partial charge in [0.05, 0.1) is 17.3 Å². The fraction of sp³-hybridized carbons (Fsp3) is 0.500. The minimum Gasteiger partial charge on any atom is -0.396 e. The van der Waals surface area contributed by atoms with Crippen molar-refractivity contribution < 1.29 is 9.90 Å². The van der Waals surface area contributed by atoms with Crippen LogP contribution in [-0.2, 0) is 4.79 Å². The first-order valence-electron chi connectivity index (χ1n) is 6.46. The molecule has 0 bridgehead atoms. The van der Waals surface area contributed by atoms with Gasteiger partial charge in [0.25, 0.3) is 0 Å². The second-order valence-corrected chi connectivity index (χ2v) is 4.88. The van der Waals surface area contributed by atoms with E-state index < -0.39 is 0 Å². The molecule has 19 heavy (non-hydrogen) atoms. The lowest BCUT2D eigenvalue weighted by Gasteiger charge is -2.19. The molecule has 1 rings (SSSR count). The summed E-state index contributed by atoms with van der Waals surface area (Å²) in [6, 6.07) is 5.53. The number of aliphatic hydroxyl groups is 1. The molecule has 1 aromatic rings. The number of anilines is 1. The summed E-state index contributed by atoms with van der Waals surface area (Å²) < 4.78 is 0. The number of aliphatic hydroxyl groups excluding tert-OH is 1. The minimum absolute atomic E-state index is 0.0921. The predicted molar refractivity (Wildman–Crippen MR) is 78.6 cm³/mol. The van der Waals surface area contributed by atoms with Gasteiger partial charge in [-0.15, -0.1) is 0 Å². The molecule has 4 nitrogen and oxygen atoms in total. The van der Waals surface area contributed by atoms with Crippen molar-refractivity contribution in [2.24, 2.45) is 0 Å². The van der Waals surface area contributed by atoms with Crippen LogP contribution in [0, 0.1) is 6.92 Å². The number of rotatable bonds is 7. The number of likely N-dealkylation sites (N-methyl/N-ethyl adjacent to an activating group) is 1. The average Bonchev–Trinajstić information content (AvgIpc) is 2.38. The first kappa shape index (κ1) is 16.0. The van der Waals surface area contributed by atoms with Gasteiger partial charge < -0.3 is 10.4 Å². The maximum absolute atomic E-state index is 11.9. The molecule has 0 saturated carbocycles. The van der Waals surface area contributed by atoms with Crippen LogP contribution in [0.2, 0.25) is 5.02 Å². The topological polar surface area (TPSA) is 52.6 Å². The molecule has 0 aromatic heterocycles. The number of amides is 1. The number of halogens is 1. The molecule has 2 N–H and O–H groups in total. The standard InChI is InChI=1S/C14H21ClN2O2/c1-3-17(7-4-8-18)10-14(19)16-13-6-5-11(2)9-12(13)15/h5-6,9,18H,3-4,7-8,10H2,1-2H3,(H,16,19). The van der Waals surface area contributed by atoms with E-state index in [1.54, 1.807) is 6.07 Å². The highest BCUT2D eigenvalue weighted by Crippen LogP contribution is 2.22. The number of hydrogen-bond acceptors (Lipinski definition) is 3. The SMILES string of the molecule is CCN(CCCO)CC(=O)Nc1ccc(C)cc1Cl. The maximum Gasteiger partial charge on any atom is 0.238 e. The van der Waals surface area contributed by atoms with Gasteiger partial charge in [-0.05, 0) is 37.6 Å². The summed E-state index contributed by atoms with van der Waals surface area (Å²) in [6.07, 6.45) is 0.673. The summed E-state index contributed by atoms with van der Waals surface area (Å²) in [7, 11) is 0. The Balaban J connectivity index is 2.54. The van der Waals surface area contributed by atoms with Crippen LogP contribution >= 0.6 is 11.6 Å². The third-order valence-corrected chi connectivity index (χ3v) is 3.16. The van der Waals surface area contributed by atoms with Crippen molar-refractivity contribution in [1.82, 2.24) is 4.90 Å². The van der Waals surface area contributed by atoms with Gasteiger partial charge in [-0.25, -0.2) is 0 Å². The largest absolute Gasteiger partial charge is 0.396 e. The summed E-state index contributed by atoms with van der Waals surface area (Å²) in [5.74, 6) is -0.0921. The normalized spacial score (nSPS) is 10.8. The van der Waals surface area contributed by atoms with Crippen LogP contribution in [0.5, 0.6) is 0 Å². The summed E-state index contributed by atoms with van der Waals surface area (Å²) in [5, 5.41) is 12.1. The van der Waals surface area contributed by atoms with Gasteiger partial charge in [-0.3, -0.25) is 9.69 Å². The summed E-state index contributed by atoms with van der Waals surface area (Å²) >= 11 is 6.07. The Labute approximate surface area is 119 Å². The van der Waals surface area contributed by atoms with E-state index in [2.05, 4.69) is 5.32 Å². The number of nitrogens with zero attached hydrogens (tertiary/aromatic N) is 1. The lowest BCUT2D eigenvalue weighted by Crippen LogP contribution is -2.34. The Kier molecular flexibility index (Phi) is 6.84. The minimum atomic E-state index is -0.0921. The highest BCUT2D eigenvalue weighted by molar-refractivity contribution is 6.33. The van der Waals surface area contributed by atoms with Crippen LogP contribution in [-0.4, -0.2) is 42.2 Å². The Hall–Kier alpha value is -1.10. The monoisotopic (exact) mass is 284 g/mol. The molecule has 106 valence electrons. The van der Waals surface area contributed by atoms with Gasteiger partial charge >= 0.3 is 0 Å². The van der Waals surface area contributed by atoms with Gasteiger partial charge in [-0.2, -0.15) is 0 Å². The number of aryl methyl sites for hydroxylation is 1. The molecule has 0 unspecified atom stereocenters. The van der Waals surface area contributed by atoms with E-state index in [9.17, 15) is 4.79 Å². The summed E-state index contributed by atoms with van der Waals surface area (Å²) in [4.78, 5) is 13.9. The van der Waals surface area contributed by atoms with Crippen molar-refractivity contribution in [3.05, 3.63) is 28.8 Å². The smallest absolute Gasteiger partial charge is 0.238 e. The lowest BCUT2D eigenvalue weighted by molar-refractivity contribution is -0.117. The molecule has 0 fully saturated rings. The van der Waals surface area contributed by atoms with Crippen LogP contribution in [0.4, 0.5) is 5.69 Å². The Morgan fingerprint density at radius 2 is 2.21 bits per heavy atom. The quantitative estimate of drug-likeness (QED) is 0.808. The molecule has 1 amide bonds. The molecule has 0 heterocycles. The average molecular weight is 285 g/mol. The number of carbonyl (C=O) groups is 1. The molecule has 0 saturated heterocycles. The van der Waals surface area contributed by atoms with Gasteiger partial charge in [0.1, 0.15) is 0 Å². The van der Waals surface area contributed by atoms with Crippen molar-refractivity contribution in [3.8, 4) is 0 Å². The molecule has 1 aromatic carbocycles. The Morgan fingerprint density at radius 3 is 2.79 bits per heavy atom. The second-order valence-electron chi connectivity index (χ2n) is 4.48. The lowest BCUT2D eigenvalue weighted by atomic mass is 10.2. The van der Waals surface area contributed by atoms with E-state index in [1.807, 2.05) is 30.9 Å². The molecule has 5 heteroatoms. The second kappa shape index (κ2) is 8.15. The van der Waals surface area contributed by atoms with Crippen molar-refractivity contribution in [1.29, 1.82) is 0 Å². The van der Waals surface area contributed by atoms with Crippen LogP contribution in [0.25, 0.3) is 0 Å². The van der Waals surface area contributed by atoms with Gasteiger partial charge in [0.15, 0.2) is 0 Å². The number of hydrogen-bond donors (Lipinski definition) is 2. The van der Waals surface area contributed by atoms with E-state index >= 15 is 0 Å². The third kappa shape index (κ3) is 5.59. The zero-order chi connectivity index (χ0) is 14.3.